The van der Waals surface area contributed by atoms with Gasteiger partial charge in [0.25, 0.3) is 0 Å². The van der Waals surface area contributed by atoms with Crippen LogP contribution in [-0.4, -0.2) is 22.1 Å². The number of aromatic hydroxyl groups is 1. The maximum Gasteiger partial charge on any atom is 0.306 e. The average molecular weight is 284 g/mol. The van der Waals surface area contributed by atoms with Gasteiger partial charge in [-0.1, -0.05) is 11.6 Å². The largest absolute Gasteiger partial charge is 0.506 e. The number of phenols is 1. The van der Waals surface area contributed by atoms with E-state index >= 15 is 0 Å². The highest BCUT2D eigenvalue weighted by molar-refractivity contribution is 6.31. The third-order valence-corrected chi connectivity index (χ3v) is 3.60. The zero-order valence-electron chi connectivity index (χ0n) is 10.1. The number of amides is 1. The van der Waals surface area contributed by atoms with Crippen molar-refractivity contribution in [2.75, 3.05) is 5.32 Å². The lowest BCUT2D eigenvalue weighted by atomic mass is 10.0. The molecule has 6 heteroatoms. The SMILES string of the molecule is O=C(O)[C@@H]1CC[C@H](C(=O)Nc2cc(Cl)ccc2O)C1. The monoisotopic (exact) mass is 283 g/mol. The number of hydrogen-bond donors (Lipinski definition) is 3. The number of phenolic OH excluding ortho intramolecular Hbond substituents is 1. The number of carboxylic acids is 1. The fraction of sp³-hybridized carbons (Fsp3) is 0.385. The normalized spacial score (nSPS) is 22.2. The third kappa shape index (κ3) is 3.17. The second kappa shape index (κ2) is 5.48. The van der Waals surface area contributed by atoms with E-state index in [-0.39, 0.29) is 23.3 Å². The van der Waals surface area contributed by atoms with Crippen LogP contribution >= 0.6 is 11.6 Å². The molecule has 2 atom stereocenters. The summed E-state index contributed by atoms with van der Waals surface area (Å²) in [6.45, 7) is 0. The summed E-state index contributed by atoms with van der Waals surface area (Å²) in [5, 5.41) is 21.5. The Labute approximate surface area is 115 Å². The van der Waals surface area contributed by atoms with Gasteiger partial charge in [-0.15, -0.1) is 0 Å². The lowest BCUT2D eigenvalue weighted by molar-refractivity contribution is -0.141. The molecule has 19 heavy (non-hydrogen) atoms. The number of rotatable bonds is 3. The van der Waals surface area contributed by atoms with Crippen LogP contribution in [0.5, 0.6) is 5.75 Å². The summed E-state index contributed by atoms with van der Waals surface area (Å²) in [6, 6.07) is 4.37. The molecule has 0 bridgehead atoms. The van der Waals surface area contributed by atoms with E-state index in [1.807, 2.05) is 0 Å². The van der Waals surface area contributed by atoms with Crippen molar-refractivity contribution in [1.29, 1.82) is 0 Å². The highest BCUT2D eigenvalue weighted by Crippen LogP contribution is 2.33. The summed E-state index contributed by atoms with van der Waals surface area (Å²) in [5.74, 6) is -1.99. The Kier molecular flexibility index (Phi) is 3.95. The van der Waals surface area contributed by atoms with Gasteiger partial charge in [-0.3, -0.25) is 9.59 Å². The number of hydrogen-bond acceptors (Lipinski definition) is 3. The van der Waals surface area contributed by atoms with Gasteiger partial charge in [-0.05, 0) is 37.5 Å². The number of nitrogens with one attached hydrogen (secondary N) is 1. The molecule has 1 aromatic rings. The Bertz CT molecular complexity index is 517. The van der Waals surface area contributed by atoms with Gasteiger partial charge in [0, 0.05) is 10.9 Å². The summed E-state index contributed by atoms with van der Waals surface area (Å²) in [4.78, 5) is 22.8. The van der Waals surface area contributed by atoms with Crippen LogP contribution in [0.25, 0.3) is 0 Å². The predicted octanol–water partition coefficient (Wildman–Crippen LogP) is 2.49. The topological polar surface area (TPSA) is 86.6 Å². The van der Waals surface area contributed by atoms with Crippen LogP contribution < -0.4 is 5.32 Å². The molecule has 0 saturated heterocycles. The van der Waals surface area contributed by atoms with Crippen LogP contribution in [0.2, 0.25) is 5.02 Å². The van der Waals surface area contributed by atoms with Crippen LogP contribution in [0, 0.1) is 11.8 Å². The number of carbonyl (C=O) groups excluding carboxylic acids is 1. The van der Waals surface area contributed by atoms with Gasteiger partial charge >= 0.3 is 5.97 Å². The van der Waals surface area contributed by atoms with E-state index in [1.54, 1.807) is 0 Å². The Morgan fingerprint density at radius 2 is 1.95 bits per heavy atom. The van der Waals surface area contributed by atoms with E-state index in [0.29, 0.717) is 24.3 Å². The molecule has 0 heterocycles. The molecule has 0 aromatic heterocycles. The highest BCUT2D eigenvalue weighted by Gasteiger charge is 2.34. The zero-order chi connectivity index (χ0) is 14.0. The third-order valence-electron chi connectivity index (χ3n) is 3.37. The number of carboxylic acid groups (broad SMARTS) is 1. The number of aliphatic carboxylic acids is 1. The molecule has 0 unspecified atom stereocenters. The first-order chi connectivity index (χ1) is 8.97. The standard InChI is InChI=1S/C13H14ClNO4/c14-9-3-4-11(16)10(6-9)15-12(17)7-1-2-8(5-7)13(18)19/h3-4,6-8,16H,1-2,5H2,(H,15,17)(H,18,19)/t7-,8+/m0/s1. The van der Waals surface area contributed by atoms with Gasteiger partial charge in [0.2, 0.25) is 5.91 Å². The fourth-order valence-corrected chi connectivity index (χ4v) is 2.46. The molecule has 1 aliphatic carbocycles. The van der Waals surface area contributed by atoms with Crippen molar-refractivity contribution < 1.29 is 19.8 Å². The van der Waals surface area contributed by atoms with Crippen molar-refractivity contribution in [3.05, 3.63) is 23.2 Å². The molecule has 3 N–H and O–H groups in total. The predicted molar refractivity (Wildman–Crippen MR) is 70.2 cm³/mol. The Morgan fingerprint density at radius 3 is 2.58 bits per heavy atom. The van der Waals surface area contributed by atoms with Crippen LogP contribution in [0.4, 0.5) is 5.69 Å². The minimum atomic E-state index is -0.860. The molecule has 5 nitrogen and oxygen atoms in total. The van der Waals surface area contributed by atoms with E-state index in [2.05, 4.69) is 5.32 Å². The maximum atomic E-state index is 12.0. The van der Waals surface area contributed by atoms with E-state index < -0.39 is 11.9 Å². The molecule has 1 aromatic carbocycles. The molecular weight excluding hydrogens is 270 g/mol. The number of carbonyl (C=O) groups is 2. The number of benzene rings is 1. The summed E-state index contributed by atoms with van der Waals surface area (Å²) in [7, 11) is 0. The van der Waals surface area contributed by atoms with Gasteiger partial charge in [-0.2, -0.15) is 0 Å². The van der Waals surface area contributed by atoms with Gasteiger partial charge in [0.1, 0.15) is 5.75 Å². The molecule has 0 spiro atoms. The first kappa shape index (κ1) is 13.7. The van der Waals surface area contributed by atoms with Crippen molar-refractivity contribution in [2.24, 2.45) is 11.8 Å². The molecule has 1 aliphatic rings. The second-order valence-electron chi connectivity index (χ2n) is 4.70. The lowest BCUT2D eigenvalue weighted by Crippen LogP contribution is -2.21. The smallest absolute Gasteiger partial charge is 0.306 e. The zero-order valence-corrected chi connectivity index (χ0v) is 10.9. The summed E-state index contributed by atoms with van der Waals surface area (Å²) < 4.78 is 0. The van der Waals surface area contributed by atoms with Crippen LogP contribution in [0.3, 0.4) is 0 Å². The Morgan fingerprint density at radius 1 is 1.26 bits per heavy atom. The van der Waals surface area contributed by atoms with Crippen molar-refractivity contribution >= 4 is 29.2 Å². The van der Waals surface area contributed by atoms with Gasteiger partial charge in [0.15, 0.2) is 0 Å². The van der Waals surface area contributed by atoms with E-state index in [4.69, 9.17) is 16.7 Å². The molecule has 0 radical (unpaired) electrons. The summed E-state index contributed by atoms with van der Waals surface area (Å²) in [5.41, 5.74) is 0.247. The van der Waals surface area contributed by atoms with E-state index in [9.17, 15) is 14.7 Å². The van der Waals surface area contributed by atoms with Crippen LogP contribution in [-0.2, 0) is 9.59 Å². The molecule has 1 saturated carbocycles. The molecule has 102 valence electrons. The first-order valence-electron chi connectivity index (χ1n) is 5.99. The minimum Gasteiger partial charge on any atom is -0.506 e. The highest BCUT2D eigenvalue weighted by atomic mass is 35.5. The van der Waals surface area contributed by atoms with Crippen molar-refractivity contribution in [1.82, 2.24) is 0 Å². The van der Waals surface area contributed by atoms with Crippen molar-refractivity contribution in [2.45, 2.75) is 19.3 Å². The Balaban J connectivity index is 2.02. The Hall–Kier alpha value is -1.75. The van der Waals surface area contributed by atoms with Gasteiger partial charge in [0.05, 0.1) is 11.6 Å². The molecule has 1 fully saturated rings. The first-order valence-corrected chi connectivity index (χ1v) is 6.37. The number of halogens is 1. The molecule has 0 aliphatic heterocycles. The average Bonchev–Trinajstić information content (AvgIpc) is 2.83. The fourth-order valence-electron chi connectivity index (χ4n) is 2.29. The van der Waals surface area contributed by atoms with Crippen LogP contribution in [0.1, 0.15) is 19.3 Å². The van der Waals surface area contributed by atoms with Gasteiger partial charge < -0.3 is 15.5 Å². The van der Waals surface area contributed by atoms with Crippen molar-refractivity contribution in [3.63, 3.8) is 0 Å². The minimum absolute atomic E-state index is 0.0643. The van der Waals surface area contributed by atoms with Crippen molar-refractivity contribution in [3.8, 4) is 5.75 Å². The maximum absolute atomic E-state index is 12.0. The summed E-state index contributed by atoms with van der Waals surface area (Å²) >= 11 is 5.78. The van der Waals surface area contributed by atoms with Crippen LogP contribution in [0.15, 0.2) is 18.2 Å². The van der Waals surface area contributed by atoms with E-state index in [0.717, 1.165) is 0 Å². The molecular formula is C13H14ClNO4. The molecule has 1 amide bonds. The van der Waals surface area contributed by atoms with E-state index in [1.165, 1.54) is 18.2 Å². The summed E-state index contributed by atoms with van der Waals surface area (Å²) in [6.07, 6.45) is 1.39. The molecule has 2 rings (SSSR count). The van der Waals surface area contributed by atoms with Gasteiger partial charge in [-0.25, -0.2) is 0 Å². The number of anilines is 1. The second-order valence-corrected chi connectivity index (χ2v) is 5.13. The quantitative estimate of drug-likeness (QED) is 0.744. The lowest BCUT2D eigenvalue weighted by Gasteiger charge is -2.12.